The van der Waals surface area contributed by atoms with Crippen molar-refractivity contribution in [1.29, 1.82) is 0 Å². The van der Waals surface area contributed by atoms with Gasteiger partial charge in [-0.05, 0) is 42.7 Å². The first-order valence-electron chi connectivity index (χ1n) is 7.54. The third-order valence-corrected chi connectivity index (χ3v) is 4.57. The van der Waals surface area contributed by atoms with Crippen LogP contribution in [0.15, 0.2) is 42.5 Å². The van der Waals surface area contributed by atoms with E-state index in [1.165, 1.54) is 24.3 Å². The number of hydrogen-bond acceptors (Lipinski definition) is 1. The summed E-state index contributed by atoms with van der Waals surface area (Å²) in [7, 11) is 0. The minimum absolute atomic E-state index is 0.0663. The van der Waals surface area contributed by atoms with E-state index in [2.05, 4.69) is 0 Å². The SMILES string of the molecule is O=C(Cc1c(F)cccc1Cl)N1CCC[C@H]1c1ccc(F)cc1. The van der Waals surface area contributed by atoms with Crippen molar-refractivity contribution in [3.63, 3.8) is 0 Å². The molecule has 0 bridgehead atoms. The molecule has 0 aromatic heterocycles. The summed E-state index contributed by atoms with van der Waals surface area (Å²) < 4.78 is 26.9. The number of hydrogen-bond donors (Lipinski definition) is 0. The van der Waals surface area contributed by atoms with E-state index >= 15 is 0 Å². The summed E-state index contributed by atoms with van der Waals surface area (Å²) in [6, 6.07) is 10.5. The second-order valence-electron chi connectivity index (χ2n) is 5.67. The van der Waals surface area contributed by atoms with Gasteiger partial charge in [-0.2, -0.15) is 0 Å². The van der Waals surface area contributed by atoms with Gasteiger partial charge in [0.2, 0.25) is 5.91 Å². The molecule has 2 aromatic rings. The van der Waals surface area contributed by atoms with Crippen molar-refractivity contribution in [2.45, 2.75) is 25.3 Å². The van der Waals surface area contributed by atoms with Crippen LogP contribution in [0.3, 0.4) is 0 Å². The standard InChI is InChI=1S/C18H16ClF2NO/c19-15-3-1-4-16(21)14(15)11-18(23)22-10-2-5-17(22)12-6-8-13(20)9-7-12/h1,3-4,6-9,17H,2,5,10-11H2/t17-/m0/s1. The molecule has 1 heterocycles. The molecule has 1 amide bonds. The average Bonchev–Trinajstić information content (AvgIpc) is 3.01. The molecule has 120 valence electrons. The van der Waals surface area contributed by atoms with Crippen LogP contribution in [0.25, 0.3) is 0 Å². The monoisotopic (exact) mass is 335 g/mol. The molecule has 1 atom stereocenters. The van der Waals surface area contributed by atoms with Crippen LogP contribution < -0.4 is 0 Å². The minimum atomic E-state index is -0.469. The number of rotatable bonds is 3. The van der Waals surface area contributed by atoms with E-state index in [-0.39, 0.29) is 34.8 Å². The number of carbonyl (C=O) groups is 1. The quantitative estimate of drug-likeness (QED) is 0.807. The maximum atomic E-state index is 13.9. The molecule has 0 aliphatic carbocycles. The lowest BCUT2D eigenvalue weighted by molar-refractivity contribution is -0.131. The number of benzene rings is 2. The molecule has 0 unspecified atom stereocenters. The first kappa shape index (κ1) is 15.9. The summed E-state index contributed by atoms with van der Waals surface area (Å²) in [6.07, 6.45) is 1.63. The zero-order valence-corrected chi connectivity index (χ0v) is 13.2. The van der Waals surface area contributed by atoms with E-state index in [4.69, 9.17) is 11.6 Å². The van der Waals surface area contributed by atoms with Crippen LogP contribution in [-0.2, 0) is 11.2 Å². The van der Waals surface area contributed by atoms with Crippen LogP contribution in [-0.4, -0.2) is 17.4 Å². The van der Waals surface area contributed by atoms with Crippen LogP contribution in [0.5, 0.6) is 0 Å². The molecular weight excluding hydrogens is 320 g/mol. The Balaban J connectivity index is 1.80. The predicted molar refractivity (Wildman–Crippen MR) is 85.2 cm³/mol. The average molecular weight is 336 g/mol. The van der Waals surface area contributed by atoms with E-state index in [1.54, 1.807) is 23.1 Å². The maximum Gasteiger partial charge on any atom is 0.227 e. The van der Waals surface area contributed by atoms with Gasteiger partial charge in [0.25, 0.3) is 0 Å². The van der Waals surface area contributed by atoms with Crippen molar-refractivity contribution in [3.8, 4) is 0 Å². The highest BCUT2D eigenvalue weighted by atomic mass is 35.5. The number of nitrogens with zero attached hydrogens (tertiary/aromatic N) is 1. The second kappa shape index (κ2) is 6.67. The first-order chi connectivity index (χ1) is 11.1. The lowest BCUT2D eigenvalue weighted by Crippen LogP contribution is -2.32. The third-order valence-electron chi connectivity index (χ3n) is 4.22. The van der Waals surface area contributed by atoms with Crippen molar-refractivity contribution < 1.29 is 13.6 Å². The topological polar surface area (TPSA) is 20.3 Å². The van der Waals surface area contributed by atoms with Gasteiger partial charge < -0.3 is 4.90 Å². The van der Waals surface area contributed by atoms with Crippen molar-refractivity contribution >= 4 is 17.5 Å². The van der Waals surface area contributed by atoms with Crippen LogP contribution >= 0.6 is 11.6 Å². The Hall–Kier alpha value is -1.94. The molecule has 5 heteroatoms. The van der Waals surface area contributed by atoms with Crippen LogP contribution in [0.2, 0.25) is 5.02 Å². The highest BCUT2D eigenvalue weighted by molar-refractivity contribution is 6.31. The van der Waals surface area contributed by atoms with Gasteiger partial charge in [-0.15, -0.1) is 0 Å². The van der Waals surface area contributed by atoms with Gasteiger partial charge in [0.1, 0.15) is 11.6 Å². The molecule has 23 heavy (non-hydrogen) atoms. The number of halogens is 3. The van der Waals surface area contributed by atoms with Crippen molar-refractivity contribution in [1.82, 2.24) is 4.90 Å². The molecule has 0 saturated carbocycles. The van der Waals surface area contributed by atoms with E-state index < -0.39 is 5.82 Å². The van der Waals surface area contributed by atoms with Gasteiger partial charge >= 0.3 is 0 Å². The predicted octanol–water partition coefficient (Wildman–Crippen LogP) is 4.52. The molecule has 2 nitrogen and oxygen atoms in total. The van der Waals surface area contributed by atoms with Gasteiger partial charge in [-0.25, -0.2) is 8.78 Å². The van der Waals surface area contributed by atoms with E-state index in [1.807, 2.05) is 0 Å². The Morgan fingerprint density at radius 1 is 1.17 bits per heavy atom. The summed E-state index contributed by atoms with van der Waals surface area (Å²) in [4.78, 5) is 14.3. The molecule has 2 aromatic carbocycles. The zero-order valence-electron chi connectivity index (χ0n) is 12.4. The fourth-order valence-corrected chi connectivity index (χ4v) is 3.28. The second-order valence-corrected chi connectivity index (χ2v) is 6.08. The summed E-state index contributed by atoms with van der Waals surface area (Å²) in [5.74, 6) is -0.935. The molecule has 1 aliphatic rings. The fourth-order valence-electron chi connectivity index (χ4n) is 3.05. The molecule has 0 spiro atoms. The van der Waals surface area contributed by atoms with Crippen LogP contribution in [0.4, 0.5) is 8.78 Å². The van der Waals surface area contributed by atoms with Gasteiger partial charge in [0, 0.05) is 17.1 Å². The largest absolute Gasteiger partial charge is 0.335 e. The van der Waals surface area contributed by atoms with Gasteiger partial charge in [0.05, 0.1) is 12.5 Å². The van der Waals surface area contributed by atoms with Crippen molar-refractivity contribution in [2.24, 2.45) is 0 Å². The van der Waals surface area contributed by atoms with Gasteiger partial charge in [-0.3, -0.25) is 4.79 Å². The number of likely N-dealkylation sites (tertiary alicyclic amines) is 1. The summed E-state index contributed by atoms with van der Waals surface area (Å²) in [6.45, 7) is 0.618. The first-order valence-corrected chi connectivity index (χ1v) is 7.92. The normalized spacial score (nSPS) is 17.5. The third kappa shape index (κ3) is 3.37. The number of carbonyl (C=O) groups excluding carboxylic acids is 1. The Labute approximate surface area is 138 Å². The summed E-state index contributed by atoms with van der Waals surface area (Å²) in [5.41, 5.74) is 1.13. The van der Waals surface area contributed by atoms with E-state index in [0.717, 1.165) is 18.4 Å². The van der Waals surface area contributed by atoms with Crippen molar-refractivity contribution in [2.75, 3.05) is 6.54 Å². The summed E-state index contributed by atoms with van der Waals surface area (Å²) >= 11 is 6.00. The Bertz CT molecular complexity index is 697. The van der Waals surface area contributed by atoms with Crippen molar-refractivity contribution in [3.05, 3.63) is 70.2 Å². The molecule has 3 rings (SSSR count). The van der Waals surface area contributed by atoms with E-state index in [9.17, 15) is 13.6 Å². The lowest BCUT2D eigenvalue weighted by Gasteiger charge is -2.25. The molecule has 1 saturated heterocycles. The van der Waals surface area contributed by atoms with Crippen LogP contribution in [0, 0.1) is 11.6 Å². The minimum Gasteiger partial charge on any atom is -0.335 e. The van der Waals surface area contributed by atoms with Crippen LogP contribution in [0.1, 0.15) is 30.0 Å². The van der Waals surface area contributed by atoms with Gasteiger partial charge in [0.15, 0.2) is 0 Å². The summed E-state index contributed by atoms with van der Waals surface area (Å²) in [5, 5.41) is 0.260. The Morgan fingerprint density at radius 3 is 2.61 bits per heavy atom. The van der Waals surface area contributed by atoms with E-state index in [0.29, 0.717) is 6.54 Å². The molecule has 0 N–H and O–H groups in total. The molecule has 1 fully saturated rings. The Morgan fingerprint density at radius 2 is 1.91 bits per heavy atom. The molecule has 1 aliphatic heterocycles. The molecular formula is C18H16ClF2NO. The number of amides is 1. The van der Waals surface area contributed by atoms with Gasteiger partial charge in [-0.1, -0.05) is 29.8 Å². The zero-order chi connectivity index (χ0) is 16.4. The smallest absolute Gasteiger partial charge is 0.227 e. The highest BCUT2D eigenvalue weighted by Crippen LogP contribution is 2.33. The Kier molecular flexibility index (Phi) is 4.62. The fraction of sp³-hybridized carbons (Fsp3) is 0.278. The maximum absolute atomic E-state index is 13.9. The molecule has 0 radical (unpaired) electrons. The lowest BCUT2D eigenvalue weighted by atomic mass is 10.0. The highest BCUT2D eigenvalue weighted by Gasteiger charge is 2.30.